The van der Waals surface area contributed by atoms with Gasteiger partial charge < -0.3 is 0 Å². The minimum absolute atomic E-state index is 0.00398. The minimum atomic E-state index is -0.00672. The molecule has 0 N–H and O–H groups in total. The molecule has 0 radical (unpaired) electrons. The number of hydrogen-bond acceptors (Lipinski definition) is 8. The fourth-order valence-corrected chi connectivity index (χ4v) is 5.34. The first-order valence-corrected chi connectivity index (χ1v) is 10.2. The van der Waals surface area contributed by atoms with Crippen molar-refractivity contribution in [2.24, 2.45) is 0 Å². The molecule has 0 amide bonds. The molecular weight excluding hydrogens is 412 g/mol. The van der Waals surface area contributed by atoms with Gasteiger partial charge in [0.2, 0.25) is 0 Å². The molecule has 0 aliphatic heterocycles. The summed E-state index contributed by atoms with van der Waals surface area (Å²) >= 11 is 2.63. The summed E-state index contributed by atoms with van der Waals surface area (Å²) in [5, 5.41) is 40.5. The molecule has 0 bridgehead atoms. The Hall–Kier alpha value is -4.34. The van der Waals surface area contributed by atoms with E-state index in [0.29, 0.717) is 9.33 Å². The van der Waals surface area contributed by atoms with Crippen LogP contribution in [0.1, 0.15) is 0 Å². The van der Waals surface area contributed by atoms with E-state index in [2.05, 4.69) is 16.0 Å². The molecule has 0 aliphatic carbocycles. The van der Waals surface area contributed by atoms with E-state index in [1.807, 2.05) is 54.6 Å². The lowest BCUT2D eigenvalue weighted by molar-refractivity contribution is 1.40. The zero-order valence-electron chi connectivity index (χ0n) is 15.0. The second kappa shape index (κ2) is 6.62. The van der Waals surface area contributed by atoms with Crippen LogP contribution in [0.2, 0.25) is 0 Å². The van der Waals surface area contributed by atoms with Gasteiger partial charge in [-0.15, -0.1) is 22.7 Å². The molecule has 2 aromatic heterocycles. The lowest BCUT2D eigenvalue weighted by atomic mass is 10.0. The number of thiazole rings is 2. The van der Waals surface area contributed by atoms with Gasteiger partial charge in [-0.3, -0.25) is 0 Å². The van der Waals surface area contributed by atoms with E-state index in [4.69, 9.17) is 21.0 Å². The third-order valence-electron chi connectivity index (χ3n) is 4.74. The van der Waals surface area contributed by atoms with Gasteiger partial charge in [0.25, 0.3) is 0 Å². The molecule has 0 fully saturated rings. The van der Waals surface area contributed by atoms with Crippen molar-refractivity contribution in [3.63, 3.8) is 0 Å². The second-order valence-corrected chi connectivity index (χ2v) is 8.39. The molecule has 0 unspecified atom stereocenters. The van der Waals surface area contributed by atoms with Crippen LogP contribution in [0.15, 0.2) is 36.4 Å². The predicted molar refractivity (Wildman–Crippen MR) is 116 cm³/mol. The van der Waals surface area contributed by atoms with E-state index in [-0.39, 0.29) is 11.1 Å². The summed E-state index contributed by atoms with van der Waals surface area (Å²) in [6, 6.07) is 19.5. The van der Waals surface area contributed by atoms with Crippen molar-refractivity contribution < 1.29 is 0 Å². The van der Waals surface area contributed by atoms with Crippen molar-refractivity contribution in [2.45, 2.75) is 0 Å². The van der Waals surface area contributed by atoms with Crippen LogP contribution in [0.5, 0.6) is 0 Å². The van der Waals surface area contributed by atoms with Crippen molar-refractivity contribution in [3.05, 3.63) is 45.7 Å². The van der Waals surface area contributed by atoms with Gasteiger partial charge in [0.15, 0.2) is 11.1 Å². The highest BCUT2D eigenvalue weighted by molar-refractivity contribution is 7.18. The summed E-state index contributed by atoms with van der Waals surface area (Å²) in [6.45, 7) is 0. The number of hydrogen-bond donors (Lipinski definition) is 0. The van der Waals surface area contributed by atoms with Crippen LogP contribution in [-0.4, -0.2) is 9.97 Å². The van der Waals surface area contributed by atoms with Gasteiger partial charge in [-0.05, 0) is 35.0 Å². The average Bonchev–Trinajstić information content (AvgIpc) is 3.39. The molecule has 8 heteroatoms. The molecule has 3 aromatic carbocycles. The van der Waals surface area contributed by atoms with Crippen LogP contribution in [-0.2, 0) is 0 Å². The number of nitriles is 4. The molecule has 0 aliphatic rings. The Morgan fingerprint density at radius 3 is 2.03 bits per heavy atom. The Labute approximate surface area is 176 Å². The van der Waals surface area contributed by atoms with E-state index in [1.54, 1.807) is 0 Å². The Kier molecular flexibility index (Phi) is 3.91. The van der Waals surface area contributed by atoms with Crippen molar-refractivity contribution in [1.82, 2.24) is 9.97 Å². The molecule has 136 valence electrons. The Morgan fingerprint density at radius 1 is 0.700 bits per heavy atom. The van der Waals surface area contributed by atoms with Crippen molar-refractivity contribution in [2.75, 3.05) is 0 Å². The number of aromatic nitrogens is 2. The monoisotopic (exact) mass is 418 g/mol. The largest absolute Gasteiger partial charge is 0.234 e. The lowest BCUT2D eigenvalue weighted by Crippen LogP contribution is -2.00. The van der Waals surface area contributed by atoms with Crippen molar-refractivity contribution in [3.8, 4) is 24.3 Å². The molecule has 30 heavy (non-hydrogen) atoms. The maximum Gasteiger partial charge on any atom is 0.165 e. The molecule has 5 aromatic rings. The van der Waals surface area contributed by atoms with Crippen molar-refractivity contribution in [1.29, 1.82) is 21.0 Å². The van der Waals surface area contributed by atoms with Gasteiger partial charge in [0, 0.05) is 10.8 Å². The smallest absolute Gasteiger partial charge is 0.165 e. The fraction of sp³-hybridized carbons (Fsp3) is 0. The lowest BCUT2D eigenvalue weighted by Gasteiger charge is -2.04. The maximum absolute atomic E-state index is 9.17. The van der Waals surface area contributed by atoms with Crippen molar-refractivity contribution >= 4 is 75.8 Å². The highest BCUT2D eigenvalue weighted by Crippen LogP contribution is 2.33. The van der Waals surface area contributed by atoms with Gasteiger partial charge in [0.1, 0.15) is 33.6 Å². The van der Waals surface area contributed by atoms with Crippen LogP contribution in [0.25, 0.3) is 53.1 Å². The van der Waals surface area contributed by atoms with Gasteiger partial charge in [0.05, 0.1) is 20.4 Å². The van der Waals surface area contributed by atoms with Crippen LogP contribution in [0.3, 0.4) is 0 Å². The number of rotatable bonds is 0. The zero-order valence-corrected chi connectivity index (χ0v) is 16.6. The molecule has 0 saturated heterocycles. The summed E-state index contributed by atoms with van der Waals surface area (Å²) in [7, 11) is 0. The fourth-order valence-electron chi connectivity index (χ4n) is 3.38. The SMILES string of the molecule is N#CC(C#N)=c1nc2c(ccc3cc4ccc5nc(=C(C#N)C#N)sc5c4cc32)s1. The summed E-state index contributed by atoms with van der Waals surface area (Å²) in [6.07, 6.45) is 0. The van der Waals surface area contributed by atoms with E-state index in [0.717, 1.165) is 42.0 Å². The summed E-state index contributed by atoms with van der Waals surface area (Å²) in [5.41, 5.74) is 1.45. The zero-order chi connectivity index (χ0) is 20.8. The van der Waals surface area contributed by atoms with E-state index >= 15 is 0 Å². The third kappa shape index (κ3) is 2.50. The minimum Gasteiger partial charge on any atom is -0.234 e. The molecule has 5 rings (SSSR count). The Bertz CT molecular complexity index is 1680. The van der Waals surface area contributed by atoms with Gasteiger partial charge in [-0.1, -0.05) is 12.1 Å². The molecule has 6 nitrogen and oxygen atoms in total. The first-order chi connectivity index (χ1) is 14.7. The normalized spacial score (nSPS) is 10.5. The summed E-state index contributed by atoms with van der Waals surface area (Å²) in [5.74, 6) is 0. The Balaban J connectivity index is 1.95. The summed E-state index contributed by atoms with van der Waals surface area (Å²) < 4.78 is 2.59. The van der Waals surface area contributed by atoms with Crippen LogP contribution in [0, 0.1) is 45.3 Å². The molecule has 0 spiro atoms. The third-order valence-corrected chi connectivity index (χ3v) is 6.90. The first-order valence-electron chi connectivity index (χ1n) is 8.58. The standard InChI is InChI=1S/C22H6N6S2/c23-7-13(8-24)21-27-17-3-1-12-5-11-2-4-18-19(15(11)6-16(12)20(17)30-21)28-22(29-18)14(9-25)10-26/h1-6H. The number of fused-ring (bicyclic) bond motifs is 6. The van der Waals surface area contributed by atoms with E-state index < -0.39 is 0 Å². The van der Waals surface area contributed by atoms with Gasteiger partial charge in [-0.2, -0.15) is 21.0 Å². The number of benzene rings is 3. The van der Waals surface area contributed by atoms with E-state index in [9.17, 15) is 0 Å². The number of nitrogens with zero attached hydrogens (tertiary/aromatic N) is 6. The van der Waals surface area contributed by atoms with Crippen LogP contribution in [0.4, 0.5) is 0 Å². The predicted octanol–water partition coefficient (Wildman–Crippen LogP) is 3.61. The summed E-state index contributed by atoms with van der Waals surface area (Å²) in [4.78, 5) is 9.01. The highest BCUT2D eigenvalue weighted by Gasteiger charge is 2.12. The molecular formula is C22H6N6S2. The molecule has 0 saturated carbocycles. The molecule has 0 atom stereocenters. The van der Waals surface area contributed by atoms with Crippen LogP contribution < -0.4 is 9.33 Å². The topological polar surface area (TPSA) is 121 Å². The van der Waals surface area contributed by atoms with Gasteiger partial charge in [-0.25, -0.2) is 9.97 Å². The molecule has 2 heterocycles. The average molecular weight is 418 g/mol. The first kappa shape index (κ1) is 17.7. The van der Waals surface area contributed by atoms with Crippen LogP contribution >= 0.6 is 22.7 Å². The Morgan fingerprint density at radius 2 is 1.33 bits per heavy atom. The highest BCUT2D eigenvalue weighted by atomic mass is 32.1. The van der Waals surface area contributed by atoms with Gasteiger partial charge >= 0.3 is 0 Å². The van der Waals surface area contributed by atoms with E-state index in [1.165, 1.54) is 22.7 Å². The quantitative estimate of drug-likeness (QED) is 0.354. The maximum atomic E-state index is 9.17. The second-order valence-electron chi connectivity index (χ2n) is 6.36.